The van der Waals surface area contributed by atoms with Crippen molar-refractivity contribution in [1.29, 1.82) is 0 Å². The van der Waals surface area contributed by atoms with E-state index in [0.717, 1.165) is 43.4 Å². The Morgan fingerprint density at radius 3 is 2.64 bits per heavy atom. The normalized spacial score (nSPS) is 26.1. The first kappa shape index (κ1) is 15.6. The lowest BCUT2D eigenvalue weighted by atomic mass is 10.2. The fraction of sp³-hybridized carbons (Fsp3) is 0.625. The van der Waals surface area contributed by atoms with Crippen LogP contribution < -0.4 is 4.90 Å². The van der Waals surface area contributed by atoms with E-state index in [2.05, 4.69) is 23.7 Å². The van der Waals surface area contributed by atoms with Crippen LogP contribution in [0.5, 0.6) is 0 Å². The van der Waals surface area contributed by atoms with Crippen molar-refractivity contribution in [3.8, 4) is 0 Å². The monoisotopic (exact) mass is 321 g/mol. The number of rotatable bonds is 2. The van der Waals surface area contributed by atoms with Crippen LogP contribution in [-0.2, 0) is 4.74 Å². The summed E-state index contributed by atoms with van der Waals surface area (Å²) in [5.41, 5.74) is 1.61. The van der Waals surface area contributed by atoms with E-state index in [4.69, 9.17) is 4.74 Å². The minimum atomic E-state index is 0.0523. The molecule has 2 unspecified atom stereocenters. The van der Waals surface area contributed by atoms with Crippen LogP contribution >= 0.6 is 11.8 Å². The third-order valence-corrected chi connectivity index (χ3v) is 4.99. The lowest BCUT2D eigenvalue weighted by Gasteiger charge is -2.37. The molecule has 1 aromatic heterocycles. The third-order valence-electron chi connectivity index (χ3n) is 4.05. The van der Waals surface area contributed by atoms with Gasteiger partial charge in [-0.15, -0.1) is 0 Å². The highest BCUT2D eigenvalue weighted by Crippen LogP contribution is 2.21. The van der Waals surface area contributed by atoms with Crippen LogP contribution in [-0.4, -0.2) is 65.7 Å². The van der Waals surface area contributed by atoms with Gasteiger partial charge in [-0.2, -0.15) is 11.8 Å². The van der Waals surface area contributed by atoms with Crippen molar-refractivity contribution in [1.82, 2.24) is 9.88 Å². The molecule has 0 bridgehead atoms. The molecular formula is C16H23N3O2S. The molecule has 2 saturated heterocycles. The molecule has 2 atom stereocenters. The largest absolute Gasteiger partial charge is 0.372 e. The fourth-order valence-corrected chi connectivity index (χ4v) is 3.95. The van der Waals surface area contributed by atoms with Crippen molar-refractivity contribution in [2.45, 2.75) is 26.1 Å². The number of carbonyl (C=O) groups is 1. The van der Waals surface area contributed by atoms with Crippen LogP contribution in [0.2, 0.25) is 0 Å². The molecule has 3 rings (SSSR count). The van der Waals surface area contributed by atoms with Gasteiger partial charge in [0.05, 0.1) is 12.2 Å². The van der Waals surface area contributed by atoms with Crippen molar-refractivity contribution in [3.63, 3.8) is 0 Å². The Bertz CT molecular complexity index is 524. The van der Waals surface area contributed by atoms with Crippen molar-refractivity contribution in [3.05, 3.63) is 24.0 Å². The highest BCUT2D eigenvalue weighted by atomic mass is 32.2. The summed E-state index contributed by atoms with van der Waals surface area (Å²) < 4.78 is 5.78. The number of carbonyl (C=O) groups excluding carboxylic acids is 1. The van der Waals surface area contributed by atoms with E-state index in [1.54, 1.807) is 6.20 Å². The summed E-state index contributed by atoms with van der Waals surface area (Å²) in [5.74, 6) is 2.09. The second-order valence-corrected chi connectivity index (χ2v) is 7.19. The van der Waals surface area contributed by atoms with Gasteiger partial charge in [0.1, 0.15) is 5.69 Å². The first-order valence-corrected chi connectivity index (χ1v) is 9.02. The number of morpholine rings is 1. The lowest BCUT2D eigenvalue weighted by Crippen LogP contribution is -2.45. The topological polar surface area (TPSA) is 45.7 Å². The quantitative estimate of drug-likeness (QED) is 0.832. The summed E-state index contributed by atoms with van der Waals surface area (Å²) in [4.78, 5) is 21.1. The van der Waals surface area contributed by atoms with Gasteiger partial charge in [-0.05, 0) is 26.0 Å². The molecule has 2 aliphatic rings. The van der Waals surface area contributed by atoms with Crippen LogP contribution in [0.3, 0.4) is 0 Å². The second-order valence-electron chi connectivity index (χ2n) is 5.97. The van der Waals surface area contributed by atoms with Crippen LogP contribution in [0.25, 0.3) is 0 Å². The molecule has 1 amide bonds. The zero-order valence-electron chi connectivity index (χ0n) is 13.2. The molecular weight excluding hydrogens is 298 g/mol. The molecule has 5 nitrogen and oxygen atoms in total. The minimum Gasteiger partial charge on any atom is -0.372 e. The summed E-state index contributed by atoms with van der Waals surface area (Å²) in [5, 5.41) is 0. The Balaban J connectivity index is 1.75. The number of hydrogen-bond donors (Lipinski definition) is 0. The van der Waals surface area contributed by atoms with E-state index in [1.807, 2.05) is 28.8 Å². The molecule has 0 spiro atoms. The van der Waals surface area contributed by atoms with Crippen LogP contribution in [0.1, 0.15) is 24.3 Å². The van der Waals surface area contributed by atoms with Crippen LogP contribution in [0, 0.1) is 0 Å². The van der Waals surface area contributed by atoms with Crippen molar-refractivity contribution < 1.29 is 9.53 Å². The van der Waals surface area contributed by atoms with Gasteiger partial charge in [0.25, 0.3) is 5.91 Å². The molecule has 6 heteroatoms. The summed E-state index contributed by atoms with van der Waals surface area (Å²) in [6.07, 6.45) is 2.15. The van der Waals surface area contributed by atoms with E-state index in [9.17, 15) is 4.79 Å². The molecule has 0 N–H and O–H groups in total. The average Bonchev–Trinajstić information content (AvgIpc) is 2.54. The SMILES string of the molecule is CC1CN(c2ccnc(C(=O)N3CCSCC3)c2)CC(C)O1. The van der Waals surface area contributed by atoms with Gasteiger partial charge >= 0.3 is 0 Å². The lowest BCUT2D eigenvalue weighted by molar-refractivity contribution is -0.00522. The summed E-state index contributed by atoms with van der Waals surface area (Å²) in [7, 11) is 0. The summed E-state index contributed by atoms with van der Waals surface area (Å²) in [6, 6.07) is 3.91. The Kier molecular flexibility index (Phi) is 4.88. The average molecular weight is 321 g/mol. The number of ether oxygens (including phenoxy) is 1. The fourth-order valence-electron chi connectivity index (χ4n) is 3.05. The van der Waals surface area contributed by atoms with Crippen molar-refractivity contribution in [2.24, 2.45) is 0 Å². The Morgan fingerprint density at radius 2 is 1.95 bits per heavy atom. The smallest absolute Gasteiger partial charge is 0.272 e. The Morgan fingerprint density at radius 1 is 1.27 bits per heavy atom. The van der Waals surface area contributed by atoms with Gasteiger partial charge in [-0.25, -0.2) is 0 Å². The third kappa shape index (κ3) is 3.55. The van der Waals surface area contributed by atoms with Gasteiger partial charge in [0.2, 0.25) is 0 Å². The van der Waals surface area contributed by atoms with Gasteiger partial charge in [0.15, 0.2) is 0 Å². The van der Waals surface area contributed by atoms with E-state index in [1.165, 1.54) is 0 Å². The second kappa shape index (κ2) is 6.87. The summed E-state index contributed by atoms with van der Waals surface area (Å²) in [6.45, 7) is 7.51. The van der Waals surface area contributed by atoms with Gasteiger partial charge in [-0.1, -0.05) is 0 Å². The molecule has 22 heavy (non-hydrogen) atoms. The maximum atomic E-state index is 12.6. The molecule has 2 fully saturated rings. The minimum absolute atomic E-state index is 0.0523. The van der Waals surface area contributed by atoms with Crippen molar-refractivity contribution >= 4 is 23.4 Å². The molecule has 0 saturated carbocycles. The molecule has 0 radical (unpaired) electrons. The molecule has 120 valence electrons. The highest BCUT2D eigenvalue weighted by molar-refractivity contribution is 7.99. The number of anilines is 1. The molecule has 0 aromatic carbocycles. The molecule has 2 aliphatic heterocycles. The zero-order chi connectivity index (χ0) is 15.5. The summed E-state index contributed by atoms with van der Waals surface area (Å²) >= 11 is 1.90. The van der Waals surface area contributed by atoms with E-state index < -0.39 is 0 Å². The number of aromatic nitrogens is 1. The number of pyridine rings is 1. The van der Waals surface area contributed by atoms with E-state index >= 15 is 0 Å². The zero-order valence-corrected chi connectivity index (χ0v) is 14.0. The predicted octanol–water partition coefficient (Wildman–Crippen LogP) is 1.88. The number of amides is 1. The highest BCUT2D eigenvalue weighted by Gasteiger charge is 2.24. The van der Waals surface area contributed by atoms with Crippen LogP contribution in [0.4, 0.5) is 5.69 Å². The standard InChI is InChI=1S/C16H23N3O2S/c1-12-10-19(11-13(2)21-12)14-3-4-17-15(9-14)16(20)18-5-7-22-8-6-18/h3-4,9,12-13H,5-8,10-11H2,1-2H3. The van der Waals surface area contributed by atoms with Crippen molar-refractivity contribution in [2.75, 3.05) is 42.6 Å². The maximum Gasteiger partial charge on any atom is 0.272 e. The number of nitrogens with zero attached hydrogens (tertiary/aromatic N) is 3. The maximum absolute atomic E-state index is 12.6. The first-order valence-electron chi connectivity index (χ1n) is 7.87. The van der Waals surface area contributed by atoms with Gasteiger partial charge in [-0.3, -0.25) is 9.78 Å². The Labute approximate surface area is 136 Å². The number of hydrogen-bond acceptors (Lipinski definition) is 5. The molecule has 0 aliphatic carbocycles. The molecule has 1 aromatic rings. The Hall–Kier alpha value is -1.27. The van der Waals surface area contributed by atoms with Crippen LogP contribution in [0.15, 0.2) is 18.3 Å². The number of thioether (sulfide) groups is 1. The molecule has 3 heterocycles. The van der Waals surface area contributed by atoms with Gasteiger partial charge in [0, 0.05) is 49.6 Å². The van der Waals surface area contributed by atoms with E-state index in [0.29, 0.717) is 5.69 Å². The first-order chi connectivity index (χ1) is 10.6. The van der Waals surface area contributed by atoms with Gasteiger partial charge < -0.3 is 14.5 Å². The predicted molar refractivity (Wildman–Crippen MR) is 89.7 cm³/mol. The van der Waals surface area contributed by atoms with E-state index in [-0.39, 0.29) is 18.1 Å².